The molecule has 0 amide bonds. The number of furan rings is 4. The zero-order valence-electron chi connectivity index (χ0n) is 45.5. The van der Waals surface area contributed by atoms with Crippen LogP contribution in [0.4, 0.5) is 34.1 Å². The van der Waals surface area contributed by atoms with Gasteiger partial charge in [-0.1, -0.05) is 125 Å². The van der Waals surface area contributed by atoms with Crippen LogP contribution in [0.5, 0.6) is 0 Å². The van der Waals surface area contributed by atoms with E-state index in [-0.39, 0.29) is 10.8 Å². The van der Waals surface area contributed by atoms with E-state index in [0.29, 0.717) is 0 Å². The average molecular weight is 1060 g/mol. The highest BCUT2D eigenvalue weighted by Crippen LogP contribution is 2.53. The van der Waals surface area contributed by atoms with Gasteiger partial charge in [-0.15, -0.1) is 0 Å². The summed E-state index contributed by atoms with van der Waals surface area (Å²) in [7, 11) is 0. The van der Waals surface area contributed by atoms with E-state index in [9.17, 15) is 0 Å². The maximum absolute atomic E-state index is 6.89. The van der Waals surface area contributed by atoms with E-state index in [4.69, 9.17) is 17.7 Å². The third-order valence-corrected chi connectivity index (χ3v) is 18.4. The van der Waals surface area contributed by atoms with Gasteiger partial charge in [0.25, 0.3) is 0 Å². The van der Waals surface area contributed by atoms with Gasteiger partial charge in [0.15, 0.2) is 0 Å². The molecule has 12 aromatic carbocycles. The highest BCUT2D eigenvalue weighted by molar-refractivity contribution is 6.16. The number of benzene rings is 12. The molecule has 0 atom stereocenters. The van der Waals surface area contributed by atoms with Crippen LogP contribution in [-0.4, -0.2) is 0 Å². The van der Waals surface area contributed by atoms with Crippen molar-refractivity contribution in [2.75, 3.05) is 9.80 Å². The average Bonchev–Trinajstić information content (AvgIpc) is 2.89. The Morgan fingerprint density at radius 3 is 0.951 bits per heavy atom. The first-order valence-corrected chi connectivity index (χ1v) is 28.3. The highest BCUT2D eigenvalue weighted by Gasteiger charge is 2.37. The summed E-state index contributed by atoms with van der Waals surface area (Å²) >= 11 is 0. The van der Waals surface area contributed by atoms with E-state index in [1.54, 1.807) is 0 Å². The van der Waals surface area contributed by atoms with Crippen molar-refractivity contribution in [2.24, 2.45) is 0 Å². The lowest BCUT2D eigenvalue weighted by atomic mass is 9.82. The smallest absolute Gasteiger partial charge is 0.137 e. The van der Waals surface area contributed by atoms with Gasteiger partial charge >= 0.3 is 0 Å². The molecule has 0 aliphatic heterocycles. The van der Waals surface area contributed by atoms with Gasteiger partial charge in [-0.25, -0.2) is 0 Å². The molecule has 0 radical (unpaired) electrons. The zero-order valence-corrected chi connectivity index (χ0v) is 45.5. The molecule has 4 heterocycles. The number of hydrogen-bond acceptors (Lipinski definition) is 6. The zero-order chi connectivity index (χ0) is 54.3. The lowest BCUT2D eigenvalue weighted by Crippen LogP contribution is -2.16. The number of para-hydroxylation sites is 2. The van der Waals surface area contributed by atoms with Crippen molar-refractivity contribution in [1.29, 1.82) is 0 Å². The number of anilines is 6. The first-order chi connectivity index (χ1) is 40.1. The van der Waals surface area contributed by atoms with E-state index in [2.05, 4.69) is 244 Å². The molecule has 18 rings (SSSR count). The van der Waals surface area contributed by atoms with Gasteiger partial charge in [-0.3, -0.25) is 0 Å². The number of rotatable bonds is 6. The molecule has 4 aromatic heterocycles. The second-order valence-electron chi connectivity index (χ2n) is 23.6. The van der Waals surface area contributed by atoms with E-state index in [1.165, 1.54) is 44.5 Å². The fourth-order valence-electron chi connectivity index (χ4n) is 14.3. The summed E-state index contributed by atoms with van der Waals surface area (Å²) in [6, 6.07) is 83.3. The molecule has 0 fully saturated rings. The Kier molecular flexibility index (Phi) is 8.99. The molecule has 2 aliphatic rings. The minimum atomic E-state index is -0.166. The van der Waals surface area contributed by atoms with E-state index < -0.39 is 0 Å². The topological polar surface area (TPSA) is 59.0 Å². The van der Waals surface area contributed by atoms with Crippen molar-refractivity contribution in [2.45, 2.75) is 38.5 Å². The van der Waals surface area contributed by atoms with Crippen LogP contribution in [0.3, 0.4) is 0 Å². The van der Waals surface area contributed by atoms with Gasteiger partial charge < -0.3 is 27.5 Å². The molecule has 16 aromatic rings. The molecule has 82 heavy (non-hydrogen) atoms. The van der Waals surface area contributed by atoms with Crippen molar-refractivity contribution < 1.29 is 17.7 Å². The van der Waals surface area contributed by atoms with Crippen LogP contribution in [0, 0.1) is 0 Å². The second-order valence-corrected chi connectivity index (χ2v) is 23.6. The molecule has 0 spiro atoms. The van der Waals surface area contributed by atoms with Crippen molar-refractivity contribution in [3.63, 3.8) is 0 Å². The van der Waals surface area contributed by atoms with Crippen LogP contribution < -0.4 is 9.80 Å². The lowest BCUT2D eigenvalue weighted by molar-refractivity contribution is 0.660. The van der Waals surface area contributed by atoms with Gasteiger partial charge in [0.2, 0.25) is 0 Å². The summed E-state index contributed by atoms with van der Waals surface area (Å²) in [4.78, 5) is 4.67. The van der Waals surface area contributed by atoms with Crippen LogP contribution in [-0.2, 0) is 10.8 Å². The summed E-state index contributed by atoms with van der Waals surface area (Å²) in [5.74, 6) is 0. The van der Waals surface area contributed by atoms with Crippen molar-refractivity contribution in [1.82, 2.24) is 0 Å². The molecule has 0 N–H and O–H groups in total. The van der Waals surface area contributed by atoms with Gasteiger partial charge in [0, 0.05) is 112 Å². The Bertz CT molecular complexity index is 5120. The largest absolute Gasteiger partial charge is 0.456 e. The SMILES string of the molecule is CC1(C)c2ccccc2-c2ccc(N(c3ccc4c(c3)oc3ccccc34)c3ccc4c(c3)oc3cc5cc6oc7cc(N(c8ccc9c(c8)C(C)(C)c8ccccc8-9)c8ccc9c(c8)oc8ccccc89)ccc7c6cc5cc34)cc21. The summed E-state index contributed by atoms with van der Waals surface area (Å²) in [6.07, 6.45) is 0. The van der Waals surface area contributed by atoms with Gasteiger partial charge in [0.1, 0.15) is 44.7 Å². The van der Waals surface area contributed by atoms with Crippen LogP contribution in [0.2, 0.25) is 0 Å². The van der Waals surface area contributed by atoms with Crippen LogP contribution in [0.25, 0.3) is 121 Å². The van der Waals surface area contributed by atoms with Gasteiger partial charge in [-0.2, -0.15) is 0 Å². The summed E-state index contributed by atoms with van der Waals surface area (Å²) < 4.78 is 26.8. The monoisotopic (exact) mass is 1050 g/mol. The molecule has 0 bridgehead atoms. The van der Waals surface area contributed by atoms with Crippen LogP contribution >= 0.6 is 0 Å². The Balaban J connectivity index is 0.748. The van der Waals surface area contributed by atoms with Crippen LogP contribution in [0.15, 0.2) is 248 Å². The Labute approximate surface area is 471 Å². The van der Waals surface area contributed by atoms with Crippen LogP contribution in [0.1, 0.15) is 49.9 Å². The van der Waals surface area contributed by atoms with E-state index in [0.717, 1.165) is 133 Å². The first kappa shape index (κ1) is 45.6. The predicted octanol–water partition coefficient (Wildman–Crippen LogP) is 22.0. The quantitative estimate of drug-likeness (QED) is 0.165. The fraction of sp³-hybridized carbons (Fsp3) is 0.0789. The maximum atomic E-state index is 6.89. The Morgan fingerprint density at radius 1 is 0.232 bits per heavy atom. The molecule has 6 nitrogen and oxygen atoms in total. The predicted molar refractivity (Wildman–Crippen MR) is 338 cm³/mol. The molecule has 388 valence electrons. The molecule has 0 saturated heterocycles. The van der Waals surface area contributed by atoms with Gasteiger partial charge in [-0.05, 0) is 164 Å². The minimum absolute atomic E-state index is 0.166. The lowest BCUT2D eigenvalue weighted by Gasteiger charge is -2.28. The van der Waals surface area contributed by atoms with E-state index in [1.807, 2.05) is 24.3 Å². The summed E-state index contributed by atoms with van der Waals surface area (Å²) in [5, 5.41) is 10.8. The standard InChI is InChI=1S/C76H50N2O4/c1-75(2)63-17-9-5-13-51(63)53-27-21-45(37-65(53)75)77(47-23-29-57-55-15-7-11-19-67(55)79-71(57)39-47)49-25-31-59-61-33-43-34-62-60-32-26-50(42-74(60)82-70(62)36-44(43)35-69(61)81-73(59)41-49)78(48-24-30-58-56-16-8-12-20-68(56)80-72(58)40-48)46-22-28-54-52-14-6-10-18-64(52)76(3,4)66(54)38-46/h5-42H,1-4H3. The minimum Gasteiger partial charge on any atom is -0.456 e. The van der Waals surface area contributed by atoms with Gasteiger partial charge in [0.05, 0.1) is 0 Å². The third-order valence-electron chi connectivity index (χ3n) is 18.4. The molecule has 2 aliphatic carbocycles. The first-order valence-electron chi connectivity index (χ1n) is 28.3. The number of hydrogen-bond donors (Lipinski definition) is 0. The summed E-state index contributed by atoms with van der Waals surface area (Å²) in [5.41, 5.74) is 23.0. The van der Waals surface area contributed by atoms with Crippen molar-refractivity contribution >= 4 is 133 Å². The normalized spacial score (nSPS) is 14.0. The molecular weight excluding hydrogens is 1000 g/mol. The number of fused-ring (bicyclic) bond motifs is 19. The Hall–Kier alpha value is -10.3. The molecular formula is C76H50N2O4. The molecule has 0 saturated carbocycles. The molecule has 6 heteroatoms. The Morgan fingerprint density at radius 2 is 0.524 bits per heavy atom. The maximum Gasteiger partial charge on any atom is 0.137 e. The second kappa shape index (κ2) is 16.2. The summed E-state index contributed by atoms with van der Waals surface area (Å²) in [6.45, 7) is 9.34. The third kappa shape index (κ3) is 6.34. The number of nitrogens with zero attached hydrogens (tertiary/aromatic N) is 2. The fourth-order valence-corrected chi connectivity index (χ4v) is 14.3. The van der Waals surface area contributed by atoms with Crippen molar-refractivity contribution in [3.05, 3.63) is 253 Å². The van der Waals surface area contributed by atoms with Crippen molar-refractivity contribution in [3.8, 4) is 22.3 Å². The molecule has 0 unspecified atom stereocenters. The highest BCUT2D eigenvalue weighted by atomic mass is 16.3. The van der Waals surface area contributed by atoms with E-state index >= 15 is 0 Å².